The van der Waals surface area contributed by atoms with Gasteiger partial charge in [0.2, 0.25) is 0 Å². The Hall–Kier alpha value is -1.50. The zero-order valence-electron chi connectivity index (χ0n) is 11.0. The third kappa shape index (κ3) is 2.35. The van der Waals surface area contributed by atoms with Crippen LogP contribution in [-0.2, 0) is 0 Å². The predicted octanol–water partition coefficient (Wildman–Crippen LogP) is 1.77. The topological polar surface area (TPSA) is 38.5 Å². The highest BCUT2D eigenvalue weighted by Crippen LogP contribution is 2.36. The molecule has 0 spiro atoms. The molecule has 3 heteroatoms. The first-order valence-electron chi connectivity index (χ1n) is 6.26. The molecule has 2 rings (SSSR count). The lowest BCUT2D eigenvalue weighted by molar-refractivity contribution is 0.168. The van der Waals surface area contributed by atoms with Crippen LogP contribution in [-0.4, -0.2) is 31.6 Å². The van der Waals surface area contributed by atoms with Gasteiger partial charge in [-0.05, 0) is 32.5 Å². The molecule has 2 atom stereocenters. The summed E-state index contributed by atoms with van der Waals surface area (Å²) in [6.45, 7) is 1.01. The van der Waals surface area contributed by atoms with Crippen molar-refractivity contribution in [3.63, 3.8) is 0 Å². The first kappa shape index (κ1) is 12.9. The van der Waals surface area contributed by atoms with Gasteiger partial charge in [0.05, 0.1) is 12.7 Å². The molecular formula is C15H20N2O. The van der Waals surface area contributed by atoms with Crippen LogP contribution in [0.25, 0.3) is 0 Å². The highest BCUT2D eigenvalue weighted by atomic mass is 16.5. The minimum Gasteiger partial charge on any atom is -0.495 e. The van der Waals surface area contributed by atoms with Crippen molar-refractivity contribution in [2.24, 2.45) is 5.73 Å². The van der Waals surface area contributed by atoms with E-state index in [1.807, 2.05) is 12.1 Å². The fourth-order valence-electron chi connectivity index (χ4n) is 2.63. The van der Waals surface area contributed by atoms with Crippen molar-refractivity contribution in [1.29, 1.82) is 0 Å². The maximum atomic E-state index is 6.08. The summed E-state index contributed by atoms with van der Waals surface area (Å²) in [7, 11) is 3.79. The molecule has 1 aromatic rings. The van der Waals surface area contributed by atoms with Gasteiger partial charge in [0.25, 0.3) is 0 Å². The summed E-state index contributed by atoms with van der Waals surface area (Å²) in [5, 5.41) is 0. The van der Waals surface area contributed by atoms with Gasteiger partial charge >= 0.3 is 0 Å². The smallest absolute Gasteiger partial charge is 0.139 e. The van der Waals surface area contributed by atoms with E-state index in [1.165, 1.54) is 0 Å². The Morgan fingerprint density at radius 2 is 2.28 bits per heavy atom. The number of nitrogens with two attached hydrogens (primary N) is 1. The number of piperidine rings is 1. The van der Waals surface area contributed by atoms with E-state index in [2.05, 4.69) is 23.9 Å². The van der Waals surface area contributed by atoms with E-state index in [0.717, 1.165) is 36.3 Å². The molecule has 1 saturated heterocycles. The maximum absolute atomic E-state index is 6.08. The summed E-state index contributed by atoms with van der Waals surface area (Å²) < 4.78 is 5.49. The lowest BCUT2D eigenvalue weighted by Gasteiger charge is -2.36. The monoisotopic (exact) mass is 244 g/mol. The van der Waals surface area contributed by atoms with Gasteiger partial charge in [0.1, 0.15) is 5.75 Å². The Balaban J connectivity index is 2.40. The second-order valence-corrected chi connectivity index (χ2v) is 4.85. The molecule has 2 unspecified atom stereocenters. The Morgan fingerprint density at radius 1 is 1.50 bits per heavy atom. The number of ether oxygens (including phenoxy) is 1. The molecule has 2 N–H and O–H groups in total. The molecule has 96 valence electrons. The van der Waals surface area contributed by atoms with E-state index in [4.69, 9.17) is 16.9 Å². The van der Waals surface area contributed by atoms with Crippen LogP contribution in [0, 0.1) is 12.3 Å². The van der Waals surface area contributed by atoms with Crippen LogP contribution < -0.4 is 10.5 Å². The summed E-state index contributed by atoms with van der Waals surface area (Å²) in [5.74, 6) is 3.49. The van der Waals surface area contributed by atoms with Crippen LogP contribution in [0.5, 0.6) is 5.75 Å². The third-order valence-corrected chi connectivity index (χ3v) is 3.67. The van der Waals surface area contributed by atoms with E-state index in [9.17, 15) is 0 Å². The minimum absolute atomic E-state index is 0.255. The quantitative estimate of drug-likeness (QED) is 0.806. The van der Waals surface area contributed by atoms with Gasteiger partial charge in [-0.1, -0.05) is 18.1 Å². The Labute approximate surface area is 109 Å². The summed E-state index contributed by atoms with van der Waals surface area (Å²) >= 11 is 0. The second-order valence-electron chi connectivity index (χ2n) is 4.85. The predicted molar refractivity (Wildman–Crippen MR) is 73.5 cm³/mol. The number of hydrogen-bond acceptors (Lipinski definition) is 3. The summed E-state index contributed by atoms with van der Waals surface area (Å²) in [4.78, 5) is 2.32. The fourth-order valence-corrected chi connectivity index (χ4v) is 2.63. The molecule has 1 fully saturated rings. The third-order valence-electron chi connectivity index (χ3n) is 3.67. The van der Waals surface area contributed by atoms with Crippen LogP contribution >= 0.6 is 0 Å². The van der Waals surface area contributed by atoms with Crippen LogP contribution in [0.15, 0.2) is 18.2 Å². The van der Waals surface area contributed by atoms with Crippen molar-refractivity contribution in [1.82, 2.24) is 4.90 Å². The number of terminal acetylenes is 1. The molecule has 0 saturated carbocycles. The van der Waals surface area contributed by atoms with E-state index >= 15 is 0 Å². The molecular weight excluding hydrogens is 224 g/mol. The molecule has 0 aromatic heterocycles. The van der Waals surface area contributed by atoms with Gasteiger partial charge in [-0.2, -0.15) is 0 Å². The van der Waals surface area contributed by atoms with Gasteiger partial charge in [-0.3, -0.25) is 4.90 Å². The van der Waals surface area contributed by atoms with Crippen LogP contribution in [0.1, 0.15) is 30.0 Å². The van der Waals surface area contributed by atoms with E-state index in [-0.39, 0.29) is 12.1 Å². The fraction of sp³-hybridized carbons (Fsp3) is 0.467. The number of rotatable bonds is 2. The molecule has 1 aliphatic rings. The molecule has 0 amide bonds. The molecule has 1 heterocycles. The zero-order valence-corrected chi connectivity index (χ0v) is 11.0. The Kier molecular flexibility index (Phi) is 3.90. The molecule has 18 heavy (non-hydrogen) atoms. The SMILES string of the molecule is C#Cc1cccc(C2CC(N)CCN2C)c1OC. The number of likely N-dealkylation sites (tertiary alicyclic amines) is 1. The summed E-state index contributed by atoms with van der Waals surface area (Å²) in [6, 6.07) is 6.52. The molecule has 1 aromatic carbocycles. The van der Waals surface area contributed by atoms with E-state index < -0.39 is 0 Å². The standard InChI is InChI=1S/C15H20N2O/c1-4-11-6-5-7-13(15(11)18-3)14-10-12(16)8-9-17(14)2/h1,5-7,12,14H,8-10,16H2,2-3H3. The highest BCUT2D eigenvalue weighted by molar-refractivity contribution is 5.51. The van der Waals surface area contributed by atoms with Crippen molar-refractivity contribution < 1.29 is 4.74 Å². The Morgan fingerprint density at radius 3 is 2.94 bits per heavy atom. The number of hydrogen-bond donors (Lipinski definition) is 1. The van der Waals surface area contributed by atoms with Gasteiger partial charge < -0.3 is 10.5 Å². The normalized spacial score (nSPS) is 24.6. The van der Waals surface area contributed by atoms with Crippen molar-refractivity contribution in [3.05, 3.63) is 29.3 Å². The average molecular weight is 244 g/mol. The van der Waals surface area contributed by atoms with E-state index in [0.29, 0.717) is 0 Å². The van der Waals surface area contributed by atoms with Gasteiger partial charge in [0.15, 0.2) is 0 Å². The van der Waals surface area contributed by atoms with Crippen molar-refractivity contribution in [2.75, 3.05) is 20.7 Å². The molecule has 1 aliphatic heterocycles. The number of benzene rings is 1. The molecule has 0 radical (unpaired) electrons. The van der Waals surface area contributed by atoms with Gasteiger partial charge in [0, 0.05) is 17.6 Å². The highest BCUT2D eigenvalue weighted by Gasteiger charge is 2.28. The first-order chi connectivity index (χ1) is 8.67. The zero-order chi connectivity index (χ0) is 13.1. The van der Waals surface area contributed by atoms with Gasteiger partial charge in [-0.15, -0.1) is 6.42 Å². The molecule has 3 nitrogen and oxygen atoms in total. The lowest BCUT2D eigenvalue weighted by atomic mass is 9.91. The van der Waals surface area contributed by atoms with Crippen LogP contribution in [0.3, 0.4) is 0 Å². The first-order valence-corrected chi connectivity index (χ1v) is 6.26. The minimum atomic E-state index is 0.255. The largest absolute Gasteiger partial charge is 0.495 e. The van der Waals surface area contributed by atoms with Crippen molar-refractivity contribution in [2.45, 2.75) is 24.9 Å². The summed E-state index contributed by atoms with van der Waals surface area (Å²) in [5.41, 5.74) is 8.03. The number of para-hydroxylation sites is 1. The summed E-state index contributed by atoms with van der Waals surface area (Å²) in [6.07, 6.45) is 7.51. The number of methoxy groups -OCH3 is 1. The Bertz CT molecular complexity index is 464. The average Bonchev–Trinajstić information content (AvgIpc) is 2.40. The molecule has 0 aliphatic carbocycles. The van der Waals surface area contributed by atoms with Gasteiger partial charge in [-0.25, -0.2) is 0 Å². The number of nitrogens with zero attached hydrogens (tertiary/aromatic N) is 1. The lowest BCUT2D eigenvalue weighted by Crippen LogP contribution is -2.40. The second kappa shape index (κ2) is 5.43. The van der Waals surface area contributed by atoms with E-state index in [1.54, 1.807) is 7.11 Å². The van der Waals surface area contributed by atoms with Crippen LogP contribution in [0.2, 0.25) is 0 Å². The molecule has 0 bridgehead atoms. The van der Waals surface area contributed by atoms with Crippen molar-refractivity contribution >= 4 is 0 Å². The maximum Gasteiger partial charge on any atom is 0.139 e. The van der Waals surface area contributed by atoms with Crippen molar-refractivity contribution in [3.8, 4) is 18.1 Å². The van der Waals surface area contributed by atoms with Crippen LogP contribution in [0.4, 0.5) is 0 Å².